The van der Waals surface area contributed by atoms with Gasteiger partial charge in [0.2, 0.25) is 0 Å². The Labute approximate surface area is 104 Å². The minimum atomic E-state index is 0.241. The molecule has 1 aromatic heterocycles. The lowest BCUT2D eigenvalue weighted by atomic mass is 9.87. The van der Waals surface area contributed by atoms with Crippen LogP contribution in [0.15, 0.2) is 6.07 Å². The third-order valence-electron chi connectivity index (χ3n) is 3.27. The van der Waals surface area contributed by atoms with Gasteiger partial charge in [-0.3, -0.25) is 0 Å². The highest BCUT2D eigenvalue weighted by Gasteiger charge is 2.20. The van der Waals surface area contributed by atoms with Crippen LogP contribution < -0.4 is 5.73 Å². The average molecular weight is 239 g/mol. The molecule has 2 heteroatoms. The second-order valence-corrected chi connectivity index (χ2v) is 6.19. The third kappa shape index (κ3) is 3.33. The lowest BCUT2D eigenvalue weighted by Gasteiger charge is -2.23. The summed E-state index contributed by atoms with van der Waals surface area (Å²) in [5, 5.41) is 0. The van der Waals surface area contributed by atoms with E-state index in [9.17, 15) is 0 Å². The summed E-state index contributed by atoms with van der Waals surface area (Å²) in [5.41, 5.74) is 7.82. The van der Waals surface area contributed by atoms with Crippen LogP contribution in [0.2, 0.25) is 0 Å². The average Bonchev–Trinajstić information content (AvgIpc) is 2.56. The van der Waals surface area contributed by atoms with Gasteiger partial charge >= 0.3 is 0 Å². The van der Waals surface area contributed by atoms with E-state index in [2.05, 4.69) is 33.8 Å². The molecule has 0 bridgehead atoms. The summed E-state index contributed by atoms with van der Waals surface area (Å²) in [6.45, 7) is 8.87. The summed E-state index contributed by atoms with van der Waals surface area (Å²) in [7, 11) is 0. The third-order valence-corrected chi connectivity index (χ3v) is 4.25. The number of hydrogen-bond acceptors (Lipinski definition) is 2. The Bertz CT molecular complexity index is 311. The lowest BCUT2D eigenvalue weighted by molar-refractivity contribution is 0.368. The first-order chi connectivity index (χ1) is 7.60. The first-order valence-electron chi connectivity index (χ1n) is 6.42. The van der Waals surface area contributed by atoms with E-state index in [-0.39, 0.29) is 6.04 Å². The van der Waals surface area contributed by atoms with Crippen molar-refractivity contribution in [3.63, 3.8) is 0 Å². The fourth-order valence-electron chi connectivity index (χ4n) is 2.48. The standard InChI is InChI=1S/C14H25NS/c1-5-7-12(8-6-2)14(15)13-9-10(3)16-11(13)4/h9,12,14H,5-8,15H2,1-4H3. The van der Waals surface area contributed by atoms with Crippen LogP contribution >= 0.6 is 11.3 Å². The zero-order valence-electron chi connectivity index (χ0n) is 11.0. The fraction of sp³-hybridized carbons (Fsp3) is 0.714. The van der Waals surface area contributed by atoms with Gasteiger partial charge in [-0.1, -0.05) is 26.7 Å². The minimum absolute atomic E-state index is 0.241. The van der Waals surface area contributed by atoms with E-state index in [1.165, 1.54) is 41.0 Å². The molecule has 1 unspecified atom stereocenters. The molecular formula is C14H25NS. The van der Waals surface area contributed by atoms with Crippen molar-refractivity contribution in [2.24, 2.45) is 11.7 Å². The number of hydrogen-bond donors (Lipinski definition) is 1. The summed E-state index contributed by atoms with van der Waals surface area (Å²) in [4.78, 5) is 2.79. The highest BCUT2D eigenvalue weighted by Crippen LogP contribution is 2.33. The summed E-state index contributed by atoms with van der Waals surface area (Å²) in [6, 6.07) is 2.52. The summed E-state index contributed by atoms with van der Waals surface area (Å²) >= 11 is 1.87. The summed E-state index contributed by atoms with van der Waals surface area (Å²) in [6.07, 6.45) is 4.98. The number of thiophene rings is 1. The molecule has 0 saturated heterocycles. The molecule has 1 aromatic rings. The maximum absolute atomic E-state index is 6.43. The van der Waals surface area contributed by atoms with Crippen LogP contribution in [0.4, 0.5) is 0 Å². The van der Waals surface area contributed by atoms with Crippen LogP contribution in [0.25, 0.3) is 0 Å². The molecular weight excluding hydrogens is 214 g/mol. The molecule has 0 amide bonds. The van der Waals surface area contributed by atoms with Gasteiger partial charge in [0, 0.05) is 15.8 Å². The van der Waals surface area contributed by atoms with Crippen LogP contribution in [0.5, 0.6) is 0 Å². The monoisotopic (exact) mass is 239 g/mol. The van der Waals surface area contributed by atoms with Gasteiger partial charge in [-0.25, -0.2) is 0 Å². The van der Waals surface area contributed by atoms with Gasteiger partial charge in [0.1, 0.15) is 0 Å². The number of nitrogens with two attached hydrogens (primary N) is 1. The van der Waals surface area contributed by atoms with E-state index in [4.69, 9.17) is 5.73 Å². The first-order valence-corrected chi connectivity index (χ1v) is 7.24. The topological polar surface area (TPSA) is 26.0 Å². The molecule has 0 saturated carbocycles. The molecule has 0 aromatic carbocycles. The predicted molar refractivity (Wildman–Crippen MR) is 74.0 cm³/mol. The van der Waals surface area contributed by atoms with Crippen LogP contribution in [0.3, 0.4) is 0 Å². The van der Waals surface area contributed by atoms with Crippen molar-refractivity contribution in [1.82, 2.24) is 0 Å². The molecule has 92 valence electrons. The molecule has 1 atom stereocenters. The maximum atomic E-state index is 6.43. The Balaban J connectivity index is 2.80. The first kappa shape index (κ1) is 13.7. The molecule has 0 spiro atoms. The highest BCUT2D eigenvalue weighted by atomic mass is 32.1. The van der Waals surface area contributed by atoms with Crippen molar-refractivity contribution in [2.45, 2.75) is 59.4 Å². The van der Waals surface area contributed by atoms with Gasteiger partial charge in [0.25, 0.3) is 0 Å². The molecule has 16 heavy (non-hydrogen) atoms. The highest BCUT2D eigenvalue weighted by molar-refractivity contribution is 7.12. The van der Waals surface area contributed by atoms with Gasteiger partial charge in [-0.2, -0.15) is 0 Å². The van der Waals surface area contributed by atoms with E-state index in [1.807, 2.05) is 11.3 Å². The Hall–Kier alpha value is -0.340. The smallest absolute Gasteiger partial charge is 0.0334 e. The van der Waals surface area contributed by atoms with E-state index < -0.39 is 0 Å². The van der Waals surface area contributed by atoms with Gasteiger partial charge in [0.15, 0.2) is 0 Å². The van der Waals surface area contributed by atoms with Crippen molar-refractivity contribution < 1.29 is 0 Å². The minimum Gasteiger partial charge on any atom is -0.324 e. The largest absolute Gasteiger partial charge is 0.324 e. The zero-order chi connectivity index (χ0) is 12.1. The van der Waals surface area contributed by atoms with Crippen molar-refractivity contribution >= 4 is 11.3 Å². The van der Waals surface area contributed by atoms with Gasteiger partial charge < -0.3 is 5.73 Å². The van der Waals surface area contributed by atoms with E-state index in [0.29, 0.717) is 5.92 Å². The summed E-state index contributed by atoms with van der Waals surface area (Å²) in [5.74, 6) is 0.655. The second-order valence-electron chi connectivity index (χ2n) is 4.73. The molecule has 0 radical (unpaired) electrons. The van der Waals surface area contributed by atoms with Crippen molar-refractivity contribution in [1.29, 1.82) is 0 Å². The SMILES string of the molecule is CCCC(CCC)C(N)c1cc(C)sc1C. The molecule has 0 fully saturated rings. The van der Waals surface area contributed by atoms with Gasteiger partial charge in [-0.05, 0) is 44.2 Å². The molecule has 0 aliphatic rings. The zero-order valence-corrected chi connectivity index (χ0v) is 11.9. The lowest BCUT2D eigenvalue weighted by Crippen LogP contribution is -2.21. The van der Waals surface area contributed by atoms with Gasteiger partial charge in [0.05, 0.1) is 0 Å². The quantitative estimate of drug-likeness (QED) is 0.772. The Morgan fingerprint density at radius 3 is 2.12 bits per heavy atom. The molecule has 0 aliphatic carbocycles. The molecule has 1 rings (SSSR count). The van der Waals surface area contributed by atoms with Crippen LogP contribution in [-0.2, 0) is 0 Å². The van der Waals surface area contributed by atoms with E-state index in [1.54, 1.807) is 0 Å². The summed E-state index contributed by atoms with van der Waals surface area (Å²) < 4.78 is 0. The van der Waals surface area contributed by atoms with Crippen molar-refractivity contribution in [2.75, 3.05) is 0 Å². The van der Waals surface area contributed by atoms with Crippen molar-refractivity contribution in [3.05, 3.63) is 21.4 Å². The maximum Gasteiger partial charge on any atom is 0.0334 e. The van der Waals surface area contributed by atoms with Crippen molar-refractivity contribution in [3.8, 4) is 0 Å². The van der Waals surface area contributed by atoms with Crippen LogP contribution in [0, 0.1) is 19.8 Å². The fourth-order valence-corrected chi connectivity index (χ4v) is 3.46. The van der Waals surface area contributed by atoms with E-state index >= 15 is 0 Å². The van der Waals surface area contributed by atoms with Crippen LogP contribution in [0.1, 0.15) is 60.9 Å². The molecule has 0 aliphatic heterocycles. The van der Waals surface area contributed by atoms with Crippen LogP contribution in [-0.4, -0.2) is 0 Å². The number of aryl methyl sites for hydroxylation is 2. The van der Waals surface area contributed by atoms with E-state index in [0.717, 1.165) is 0 Å². The molecule has 1 nitrogen and oxygen atoms in total. The number of rotatable bonds is 6. The predicted octanol–water partition coefficient (Wildman–Crippen LogP) is 4.58. The van der Waals surface area contributed by atoms with Gasteiger partial charge in [-0.15, -0.1) is 11.3 Å². The molecule has 2 N–H and O–H groups in total. The Morgan fingerprint density at radius 2 is 1.75 bits per heavy atom. The second kappa shape index (κ2) is 6.41. The Morgan fingerprint density at radius 1 is 1.19 bits per heavy atom. The molecule has 1 heterocycles. The Kier molecular flexibility index (Phi) is 5.50. The normalized spacial score (nSPS) is 13.4.